The van der Waals surface area contributed by atoms with E-state index in [9.17, 15) is 14.4 Å². The highest BCUT2D eigenvalue weighted by molar-refractivity contribution is 6.00. The molecule has 12 heteroatoms. The summed E-state index contributed by atoms with van der Waals surface area (Å²) in [6, 6.07) is 6.08. The molecule has 1 spiro atoms. The Morgan fingerprint density at radius 3 is 2.37 bits per heavy atom. The average Bonchev–Trinajstić information content (AvgIpc) is 3.80. The Hall–Kier alpha value is -4.55. The van der Waals surface area contributed by atoms with Gasteiger partial charge in [-0.25, -0.2) is 0 Å². The van der Waals surface area contributed by atoms with E-state index in [-0.39, 0.29) is 65.7 Å². The molecule has 6 aliphatic heterocycles. The molecule has 0 radical (unpaired) electrons. The molecule has 1 aromatic heterocycles. The van der Waals surface area contributed by atoms with Gasteiger partial charge in [-0.1, -0.05) is 25.5 Å². The van der Waals surface area contributed by atoms with Crippen LogP contribution in [0.3, 0.4) is 0 Å². The van der Waals surface area contributed by atoms with Crippen LogP contribution in [0, 0.1) is 36.5 Å². The van der Waals surface area contributed by atoms with E-state index in [0.717, 1.165) is 82.5 Å². The van der Waals surface area contributed by atoms with Crippen LogP contribution in [0.25, 0.3) is 22.0 Å². The number of ether oxygens (including phenoxy) is 5. The number of carbonyl (C=O) groups excluding carboxylic acids is 3. The highest BCUT2D eigenvalue weighted by Gasteiger charge is 2.76. The van der Waals surface area contributed by atoms with Gasteiger partial charge in [-0.05, 0) is 74.8 Å². The molecule has 8 aliphatic rings. The summed E-state index contributed by atoms with van der Waals surface area (Å²) in [4.78, 5) is 49.5. The molecule has 5 saturated heterocycles. The maximum absolute atomic E-state index is 14.2. The molecule has 7 heterocycles. The molecule has 3 aromatic rings. The van der Waals surface area contributed by atoms with Crippen LogP contribution in [0.2, 0.25) is 0 Å². The summed E-state index contributed by atoms with van der Waals surface area (Å²) in [7, 11) is 10.6. The molecule has 2 aromatic carbocycles. The van der Waals surface area contributed by atoms with Gasteiger partial charge < -0.3 is 38.1 Å². The Bertz CT molecular complexity index is 2380. The number of hydrogen-bond acceptors (Lipinski definition) is 10. The lowest BCUT2D eigenvalue weighted by Gasteiger charge is -2.54. The molecule has 6 fully saturated rings. The second-order valence-corrected chi connectivity index (χ2v) is 18.6. The van der Waals surface area contributed by atoms with Crippen molar-refractivity contribution in [1.82, 2.24) is 14.4 Å². The van der Waals surface area contributed by atoms with E-state index >= 15 is 0 Å². The number of aromatic nitrogens is 1. The zero-order chi connectivity index (χ0) is 41.8. The van der Waals surface area contributed by atoms with E-state index in [0.29, 0.717) is 18.0 Å². The Kier molecular flexibility index (Phi) is 8.50. The predicted molar refractivity (Wildman–Crippen MR) is 223 cm³/mol. The molecule has 11 unspecified atom stereocenters. The van der Waals surface area contributed by atoms with Gasteiger partial charge in [0, 0.05) is 90.9 Å². The standard InChI is InChI=1S/C47H58N4O8/c1-12-25-20-50-16-15-46-30-18-33(56-9)34(23(4)39(30)49(7)47(46,50)14-13-26(25)38(46)45(54)58-11)28-17-27-31(19-32(28)55-8)48(6)40-35(27)37(44(53)57-10)36-29-21-51(43(52)22(2)3)41(40)42(36)59-24(29)5/h12,17-19,22,24,26,29,36-38,41-42H,13-16,20-21H2,1-11H3. The zero-order valence-corrected chi connectivity index (χ0v) is 36.3. The lowest BCUT2D eigenvalue weighted by atomic mass is 9.54. The van der Waals surface area contributed by atoms with E-state index in [2.05, 4.69) is 66.5 Å². The number of benzene rings is 2. The van der Waals surface area contributed by atoms with Crippen molar-refractivity contribution in [2.45, 2.75) is 89.1 Å². The number of fused-ring (bicyclic) bond motifs is 7. The fraction of sp³-hybridized carbons (Fsp3) is 0.596. The molecule has 12 nitrogen and oxygen atoms in total. The Labute approximate surface area is 346 Å². The maximum atomic E-state index is 14.2. The van der Waals surface area contributed by atoms with E-state index in [1.54, 1.807) is 14.2 Å². The van der Waals surface area contributed by atoms with Crippen LogP contribution in [0.4, 0.5) is 5.69 Å². The molecule has 11 rings (SSSR count). The largest absolute Gasteiger partial charge is 0.496 e. The molecule has 59 heavy (non-hydrogen) atoms. The van der Waals surface area contributed by atoms with Crippen molar-refractivity contribution in [2.24, 2.45) is 36.6 Å². The number of amides is 1. The number of rotatable bonds is 6. The predicted octanol–water partition coefficient (Wildman–Crippen LogP) is 6.25. The van der Waals surface area contributed by atoms with Crippen LogP contribution in [0.5, 0.6) is 11.5 Å². The number of likely N-dealkylation sites (tertiary alicyclic amines) is 1. The average molecular weight is 807 g/mol. The number of aryl methyl sites for hydroxylation is 1. The first-order chi connectivity index (χ1) is 28.3. The van der Waals surface area contributed by atoms with Gasteiger partial charge in [0.2, 0.25) is 5.91 Å². The van der Waals surface area contributed by atoms with Crippen molar-refractivity contribution in [3.8, 4) is 22.6 Å². The third kappa shape index (κ3) is 4.44. The second-order valence-electron chi connectivity index (χ2n) is 18.6. The van der Waals surface area contributed by atoms with E-state index in [4.69, 9.17) is 23.7 Å². The van der Waals surface area contributed by atoms with Gasteiger partial charge in [0.25, 0.3) is 0 Å². The molecule has 11 atom stereocenters. The van der Waals surface area contributed by atoms with Crippen molar-refractivity contribution in [2.75, 3.05) is 60.0 Å². The number of piperidine rings is 1. The minimum atomic E-state index is -0.580. The van der Waals surface area contributed by atoms with Gasteiger partial charge >= 0.3 is 11.9 Å². The van der Waals surface area contributed by atoms with Crippen molar-refractivity contribution in [3.05, 3.63) is 52.2 Å². The fourth-order valence-electron chi connectivity index (χ4n) is 14.3. The number of allylic oxidation sites excluding steroid dienone is 1. The smallest absolute Gasteiger partial charge is 0.313 e. The molecule has 2 aliphatic carbocycles. The lowest BCUT2D eigenvalue weighted by Crippen LogP contribution is -2.66. The third-order valence-electron chi connectivity index (χ3n) is 16.5. The summed E-state index contributed by atoms with van der Waals surface area (Å²) in [5.41, 5.74) is 8.18. The highest BCUT2D eigenvalue weighted by Crippen LogP contribution is 2.71. The number of carbonyl (C=O) groups is 3. The van der Waals surface area contributed by atoms with Crippen LogP contribution >= 0.6 is 0 Å². The molecular weight excluding hydrogens is 749 g/mol. The minimum absolute atomic E-state index is 0.0239. The first kappa shape index (κ1) is 38.6. The number of nitrogens with zero attached hydrogens (tertiary/aromatic N) is 4. The highest BCUT2D eigenvalue weighted by atomic mass is 16.5. The van der Waals surface area contributed by atoms with Crippen LogP contribution in [0.15, 0.2) is 29.8 Å². The summed E-state index contributed by atoms with van der Waals surface area (Å²) >= 11 is 0. The molecule has 1 saturated carbocycles. The van der Waals surface area contributed by atoms with Gasteiger partial charge in [0.15, 0.2) is 0 Å². The first-order valence-electron chi connectivity index (χ1n) is 21.5. The van der Waals surface area contributed by atoms with Crippen molar-refractivity contribution in [1.29, 1.82) is 0 Å². The van der Waals surface area contributed by atoms with Crippen LogP contribution in [0.1, 0.15) is 81.3 Å². The number of anilines is 1. The second kappa shape index (κ2) is 13.0. The molecule has 8 bridgehead atoms. The summed E-state index contributed by atoms with van der Waals surface area (Å²) in [6.45, 7) is 12.5. The number of esters is 2. The molecule has 1 amide bonds. The summed E-state index contributed by atoms with van der Waals surface area (Å²) < 4.78 is 32.9. The maximum Gasteiger partial charge on any atom is 0.313 e. The first-order valence-corrected chi connectivity index (χ1v) is 21.5. The van der Waals surface area contributed by atoms with Gasteiger partial charge in [-0.3, -0.25) is 19.3 Å². The minimum Gasteiger partial charge on any atom is -0.496 e. The SMILES string of the molecule is CC=C1CN2CCC34c5cc(OC)c(-c6cc7c8c(n(C)c7cc6OC)C6C7OC(C)C(CN6C(=O)C(C)C)C7C8C(=O)OC)c(C)c5N(C)C23CCC1C4C(=O)OC. The number of methoxy groups -OCH3 is 4. The zero-order valence-electron chi connectivity index (χ0n) is 36.3. The van der Waals surface area contributed by atoms with Crippen molar-refractivity contribution < 1.29 is 38.1 Å². The summed E-state index contributed by atoms with van der Waals surface area (Å²) in [6.07, 6.45) is 4.47. The van der Waals surface area contributed by atoms with E-state index < -0.39 is 17.0 Å². The Morgan fingerprint density at radius 2 is 1.71 bits per heavy atom. The van der Waals surface area contributed by atoms with Crippen molar-refractivity contribution in [3.63, 3.8) is 0 Å². The van der Waals surface area contributed by atoms with Crippen molar-refractivity contribution >= 4 is 34.4 Å². The third-order valence-corrected chi connectivity index (χ3v) is 16.5. The topological polar surface area (TPSA) is 112 Å². The van der Waals surface area contributed by atoms with Crippen LogP contribution in [-0.2, 0) is 41.1 Å². The Balaban J connectivity index is 1.23. The van der Waals surface area contributed by atoms with Gasteiger partial charge in [0.05, 0.1) is 64.0 Å². The summed E-state index contributed by atoms with van der Waals surface area (Å²) in [5, 5.41) is 0.917. The van der Waals surface area contributed by atoms with Gasteiger partial charge in [-0.2, -0.15) is 0 Å². The van der Waals surface area contributed by atoms with Crippen LogP contribution < -0.4 is 14.4 Å². The summed E-state index contributed by atoms with van der Waals surface area (Å²) in [5.74, 6) is -0.164. The molecular formula is C47H58N4O8. The number of hydrogen-bond donors (Lipinski definition) is 0. The van der Waals surface area contributed by atoms with Gasteiger partial charge in [0.1, 0.15) is 17.2 Å². The molecule has 0 N–H and O–H groups in total. The normalized spacial score (nSPS) is 35.2. The quantitative estimate of drug-likeness (QED) is 0.210. The van der Waals surface area contributed by atoms with E-state index in [1.807, 2.05) is 25.8 Å². The lowest BCUT2D eigenvalue weighted by molar-refractivity contribution is -0.154. The van der Waals surface area contributed by atoms with Gasteiger partial charge in [-0.15, -0.1) is 0 Å². The molecule has 314 valence electrons. The monoisotopic (exact) mass is 806 g/mol. The van der Waals surface area contributed by atoms with E-state index in [1.165, 1.54) is 19.8 Å². The number of likely N-dealkylation sites (N-methyl/N-ethyl adjacent to an activating group) is 1. The van der Waals surface area contributed by atoms with Crippen LogP contribution in [-0.4, -0.2) is 105 Å². The Morgan fingerprint density at radius 1 is 0.983 bits per heavy atom. The fourth-order valence-corrected chi connectivity index (χ4v) is 14.3.